The summed E-state index contributed by atoms with van der Waals surface area (Å²) in [6.45, 7) is 11.4. The topological polar surface area (TPSA) is 26.0 Å². The summed E-state index contributed by atoms with van der Waals surface area (Å²) in [6.07, 6.45) is 2.96. The molecule has 0 aliphatic carbocycles. The first-order valence-electron chi connectivity index (χ1n) is 12.7. The molecule has 0 aliphatic rings. The Morgan fingerprint density at radius 2 is 1.69 bits per heavy atom. The zero-order valence-electron chi connectivity index (χ0n) is 21.6. The first kappa shape index (κ1) is 23.0. The second-order valence-electron chi connectivity index (χ2n) is 11.3. The molecule has 0 bridgehead atoms. The van der Waals surface area contributed by atoms with E-state index in [0.29, 0.717) is 5.92 Å². The van der Waals surface area contributed by atoms with Gasteiger partial charge >= 0.3 is 0 Å². The highest BCUT2D eigenvalue weighted by Gasteiger charge is 2.20. The van der Waals surface area contributed by atoms with Crippen molar-refractivity contribution in [3.63, 3.8) is 0 Å². The summed E-state index contributed by atoms with van der Waals surface area (Å²) in [7, 11) is 0. The van der Waals surface area contributed by atoms with E-state index in [9.17, 15) is 0 Å². The molecule has 6 aromatic rings. The molecular formula is C33H31NOS. The molecule has 0 aliphatic heterocycles. The highest BCUT2D eigenvalue weighted by atomic mass is 32.1. The number of furan rings is 1. The van der Waals surface area contributed by atoms with E-state index in [1.165, 1.54) is 32.0 Å². The Balaban J connectivity index is 1.48. The smallest absolute Gasteiger partial charge is 0.145 e. The van der Waals surface area contributed by atoms with Crippen molar-refractivity contribution in [1.82, 2.24) is 4.98 Å². The van der Waals surface area contributed by atoms with Gasteiger partial charge < -0.3 is 4.42 Å². The second-order valence-corrected chi connectivity index (χ2v) is 12.3. The molecule has 3 aromatic carbocycles. The molecule has 180 valence electrons. The number of benzene rings is 3. The highest BCUT2D eigenvalue weighted by Crippen LogP contribution is 2.40. The third kappa shape index (κ3) is 4.12. The van der Waals surface area contributed by atoms with E-state index in [-0.39, 0.29) is 5.41 Å². The van der Waals surface area contributed by atoms with Crippen LogP contribution in [0.15, 0.2) is 83.4 Å². The van der Waals surface area contributed by atoms with Crippen molar-refractivity contribution in [3.8, 4) is 21.9 Å². The largest absolute Gasteiger partial charge is 0.455 e. The van der Waals surface area contributed by atoms with E-state index >= 15 is 0 Å². The summed E-state index contributed by atoms with van der Waals surface area (Å²) >= 11 is 1.79. The van der Waals surface area contributed by atoms with Gasteiger partial charge in [-0.3, -0.25) is 4.98 Å². The number of thiophene rings is 1. The molecule has 0 fully saturated rings. The van der Waals surface area contributed by atoms with Gasteiger partial charge in [-0.2, -0.15) is 0 Å². The number of hydrogen-bond acceptors (Lipinski definition) is 3. The lowest BCUT2D eigenvalue weighted by Crippen LogP contribution is -2.12. The van der Waals surface area contributed by atoms with E-state index in [1.54, 1.807) is 11.3 Å². The third-order valence-electron chi connectivity index (χ3n) is 6.86. The van der Waals surface area contributed by atoms with Crippen molar-refractivity contribution in [2.24, 2.45) is 5.92 Å². The van der Waals surface area contributed by atoms with Crippen LogP contribution in [0.3, 0.4) is 0 Å². The number of fused-ring (bicyclic) bond motifs is 3. The molecule has 2 nitrogen and oxygen atoms in total. The number of aromatic nitrogens is 1. The number of pyridine rings is 1. The van der Waals surface area contributed by atoms with Crippen LogP contribution in [0.4, 0.5) is 0 Å². The predicted octanol–water partition coefficient (Wildman–Crippen LogP) is 10.0. The van der Waals surface area contributed by atoms with Crippen molar-refractivity contribution in [2.75, 3.05) is 0 Å². The van der Waals surface area contributed by atoms with Crippen LogP contribution in [0.2, 0.25) is 0 Å². The summed E-state index contributed by atoms with van der Waals surface area (Å²) < 4.78 is 7.69. The lowest BCUT2D eigenvalue weighted by atomic mass is 9.82. The third-order valence-corrected chi connectivity index (χ3v) is 7.99. The van der Waals surface area contributed by atoms with E-state index in [2.05, 4.69) is 101 Å². The van der Waals surface area contributed by atoms with Crippen LogP contribution in [-0.2, 0) is 11.8 Å². The first-order valence-corrected chi connectivity index (χ1v) is 13.5. The summed E-state index contributed by atoms with van der Waals surface area (Å²) in [5.41, 5.74) is 5.73. The van der Waals surface area contributed by atoms with E-state index in [1.807, 2.05) is 12.3 Å². The Hall–Kier alpha value is -3.43. The SMILES string of the molecule is CC(C)Cc1ccc2sc(-c3cc4c(-c5cc(C(C)(C)C)c6ccccc6c5)nccc4o3)cc2c1. The van der Waals surface area contributed by atoms with Crippen LogP contribution in [-0.4, -0.2) is 4.98 Å². The number of nitrogens with zero attached hydrogens (tertiary/aromatic N) is 1. The van der Waals surface area contributed by atoms with Crippen molar-refractivity contribution < 1.29 is 4.42 Å². The van der Waals surface area contributed by atoms with Gasteiger partial charge in [0, 0.05) is 21.8 Å². The first-order chi connectivity index (χ1) is 17.3. The Labute approximate surface area is 216 Å². The van der Waals surface area contributed by atoms with Crippen LogP contribution in [0.1, 0.15) is 45.7 Å². The Morgan fingerprint density at radius 3 is 2.50 bits per heavy atom. The highest BCUT2D eigenvalue weighted by molar-refractivity contribution is 7.22. The molecule has 0 saturated heterocycles. The van der Waals surface area contributed by atoms with Crippen molar-refractivity contribution >= 4 is 43.2 Å². The summed E-state index contributed by atoms with van der Waals surface area (Å²) in [4.78, 5) is 5.99. The number of rotatable bonds is 4. The summed E-state index contributed by atoms with van der Waals surface area (Å²) in [5.74, 6) is 1.55. The minimum absolute atomic E-state index is 0.0244. The van der Waals surface area contributed by atoms with Gasteiger partial charge in [-0.25, -0.2) is 0 Å². The fraction of sp³-hybridized carbons (Fsp3) is 0.242. The van der Waals surface area contributed by atoms with Gasteiger partial charge in [-0.05, 0) is 81.4 Å². The summed E-state index contributed by atoms with van der Waals surface area (Å²) in [5, 5.41) is 4.89. The Bertz CT molecular complexity index is 1730. The molecule has 0 unspecified atom stereocenters. The quantitative estimate of drug-likeness (QED) is 0.246. The zero-order valence-corrected chi connectivity index (χ0v) is 22.4. The molecule has 0 N–H and O–H groups in total. The van der Waals surface area contributed by atoms with E-state index in [0.717, 1.165) is 39.3 Å². The van der Waals surface area contributed by atoms with Gasteiger partial charge in [0.05, 0.1) is 10.6 Å². The molecule has 3 aromatic heterocycles. The Morgan fingerprint density at radius 1 is 0.861 bits per heavy atom. The van der Waals surface area contributed by atoms with Crippen LogP contribution in [0, 0.1) is 5.92 Å². The molecule has 0 amide bonds. The van der Waals surface area contributed by atoms with Crippen LogP contribution in [0.25, 0.3) is 53.7 Å². The second kappa shape index (κ2) is 8.60. The predicted molar refractivity (Wildman–Crippen MR) is 155 cm³/mol. The monoisotopic (exact) mass is 489 g/mol. The average Bonchev–Trinajstić information content (AvgIpc) is 3.46. The zero-order chi connectivity index (χ0) is 25.0. The van der Waals surface area contributed by atoms with Gasteiger partial charge in [0.25, 0.3) is 0 Å². The molecule has 6 rings (SSSR count). The van der Waals surface area contributed by atoms with E-state index in [4.69, 9.17) is 9.40 Å². The van der Waals surface area contributed by atoms with Crippen molar-refractivity contribution in [1.29, 1.82) is 0 Å². The normalized spacial score (nSPS) is 12.4. The minimum atomic E-state index is 0.0244. The molecule has 3 heterocycles. The van der Waals surface area contributed by atoms with Crippen LogP contribution < -0.4 is 0 Å². The maximum Gasteiger partial charge on any atom is 0.145 e. The summed E-state index contributed by atoms with van der Waals surface area (Å²) in [6, 6.07) is 26.5. The van der Waals surface area contributed by atoms with Crippen molar-refractivity contribution in [3.05, 3.63) is 90.1 Å². The molecule has 0 saturated carbocycles. The number of hydrogen-bond donors (Lipinski definition) is 0. The lowest BCUT2D eigenvalue weighted by molar-refractivity contribution is 0.596. The molecule has 36 heavy (non-hydrogen) atoms. The van der Waals surface area contributed by atoms with Crippen LogP contribution in [0.5, 0.6) is 0 Å². The van der Waals surface area contributed by atoms with Gasteiger partial charge in [-0.1, -0.05) is 71.0 Å². The minimum Gasteiger partial charge on any atom is -0.455 e. The lowest BCUT2D eigenvalue weighted by Gasteiger charge is -2.22. The average molecular weight is 490 g/mol. The maximum absolute atomic E-state index is 6.40. The van der Waals surface area contributed by atoms with E-state index < -0.39 is 0 Å². The molecule has 0 radical (unpaired) electrons. The maximum atomic E-state index is 6.40. The molecule has 0 atom stereocenters. The molecular weight excluding hydrogens is 458 g/mol. The standard InChI is InChI=1S/C33H31NOS/c1-20(2)14-21-10-11-30-23(15-21)18-31(36-30)29-19-26-28(35-29)12-13-34-32(26)24-16-22-8-6-7-9-25(22)27(17-24)33(3,4)5/h6-13,15-20H,14H2,1-5H3. The Kier molecular flexibility index (Phi) is 5.49. The van der Waals surface area contributed by atoms with Gasteiger partial charge in [0.1, 0.15) is 11.3 Å². The van der Waals surface area contributed by atoms with Gasteiger partial charge in [0.2, 0.25) is 0 Å². The van der Waals surface area contributed by atoms with Gasteiger partial charge in [0.15, 0.2) is 0 Å². The van der Waals surface area contributed by atoms with Crippen molar-refractivity contribution in [2.45, 2.75) is 46.5 Å². The molecule has 3 heteroatoms. The fourth-order valence-electron chi connectivity index (χ4n) is 5.19. The van der Waals surface area contributed by atoms with Crippen LogP contribution >= 0.6 is 11.3 Å². The molecule has 0 spiro atoms. The fourth-order valence-corrected chi connectivity index (χ4v) is 6.19. The van der Waals surface area contributed by atoms with Gasteiger partial charge in [-0.15, -0.1) is 11.3 Å².